The Labute approximate surface area is 214 Å². The van der Waals surface area contributed by atoms with Gasteiger partial charge in [0.1, 0.15) is 17.9 Å². The number of ether oxygens (including phenoxy) is 2. The third kappa shape index (κ3) is 5.41. The summed E-state index contributed by atoms with van der Waals surface area (Å²) in [4.78, 5) is 37.0. The first-order chi connectivity index (χ1) is 18.0. The first kappa shape index (κ1) is 23.9. The number of anilines is 2. The summed E-state index contributed by atoms with van der Waals surface area (Å²) < 4.78 is 26.6. The SMILES string of the molecule is COc1ccccc1NC(=O)CC(=O)Nc1ccc(Oc2ccnc3cc(-c4c[nH]cn4)sc23)c(F)c1. The molecular weight excluding hydrogens is 497 g/mol. The Morgan fingerprint density at radius 2 is 1.84 bits per heavy atom. The highest BCUT2D eigenvalue weighted by molar-refractivity contribution is 7.22. The number of fused-ring (bicyclic) bond motifs is 1. The van der Waals surface area contributed by atoms with E-state index < -0.39 is 24.1 Å². The summed E-state index contributed by atoms with van der Waals surface area (Å²) in [6, 6.07) is 14.4. The number of hydrogen-bond acceptors (Lipinski definition) is 7. The quantitative estimate of drug-likeness (QED) is 0.231. The van der Waals surface area contributed by atoms with Gasteiger partial charge < -0.3 is 25.1 Å². The zero-order chi connectivity index (χ0) is 25.8. The average Bonchev–Trinajstić information content (AvgIpc) is 3.56. The lowest BCUT2D eigenvalue weighted by atomic mass is 10.2. The van der Waals surface area contributed by atoms with Crippen molar-refractivity contribution >= 4 is 44.7 Å². The number of nitrogens with one attached hydrogen (secondary N) is 3. The summed E-state index contributed by atoms with van der Waals surface area (Å²) >= 11 is 1.43. The zero-order valence-electron chi connectivity index (χ0n) is 19.4. The number of methoxy groups -OCH3 is 1. The van der Waals surface area contributed by atoms with Crippen LogP contribution < -0.4 is 20.1 Å². The molecule has 0 fully saturated rings. The third-order valence-corrected chi connectivity index (χ3v) is 6.43. The van der Waals surface area contributed by atoms with E-state index in [0.717, 1.165) is 21.3 Å². The Morgan fingerprint density at radius 3 is 2.62 bits per heavy atom. The first-order valence-corrected chi connectivity index (χ1v) is 11.9. The number of pyridine rings is 1. The molecular formula is C26H20FN5O4S. The number of H-pyrrole nitrogens is 1. The Bertz CT molecular complexity index is 1590. The van der Waals surface area contributed by atoms with E-state index in [1.807, 2.05) is 6.07 Å². The standard InChI is InChI=1S/C26H20FN5O4S/c1-35-21-5-3-2-4-17(21)32-25(34)12-24(33)31-15-6-7-20(16(27)10-15)36-22-8-9-29-18-11-23(37-26(18)22)19-13-28-14-30-19/h2-11,13-14H,12H2,1H3,(H,28,30)(H,31,33)(H,32,34). The molecule has 0 aliphatic heterocycles. The van der Waals surface area contributed by atoms with E-state index >= 15 is 0 Å². The average molecular weight is 518 g/mol. The van der Waals surface area contributed by atoms with Crippen molar-refractivity contribution in [2.45, 2.75) is 6.42 Å². The number of imidazole rings is 1. The number of thiophene rings is 1. The van der Waals surface area contributed by atoms with Crippen molar-refractivity contribution in [2.75, 3.05) is 17.7 Å². The molecule has 0 radical (unpaired) electrons. The predicted molar refractivity (Wildman–Crippen MR) is 139 cm³/mol. The maximum atomic E-state index is 14.9. The molecule has 0 aliphatic carbocycles. The van der Waals surface area contributed by atoms with E-state index in [2.05, 4.69) is 25.6 Å². The second kappa shape index (κ2) is 10.5. The van der Waals surface area contributed by atoms with E-state index in [4.69, 9.17) is 9.47 Å². The van der Waals surface area contributed by atoms with Crippen LogP contribution in [0, 0.1) is 5.82 Å². The number of para-hydroxylation sites is 2. The fourth-order valence-corrected chi connectivity index (χ4v) is 4.62. The molecule has 0 aliphatic rings. The van der Waals surface area contributed by atoms with Crippen molar-refractivity contribution in [3.05, 3.63) is 79.1 Å². The molecule has 3 N–H and O–H groups in total. The predicted octanol–water partition coefficient (Wildman–Crippen LogP) is 5.59. The van der Waals surface area contributed by atoms with Gasteiger partial charge >= 0.3 is 0 Å². The van der Waals surface area contributed by atoms with Crippen LogP contribution in [0.15, 0.2) is 73.3 Å². The van der Waals surface area contributed by atoms with E-state index in [0.29, 0.717) is 22.7 Å². The van der Waals surface area contributed by atoms with Crippen LogP contribution in [0.5, 0.6) is 17.2 Å². The van der Waals surface area contributed by atoms with Crippen molar-refractivity contribution in [3.8, 4) is 27.8 Å². The number of benzene rings is 2. The molecule has 11 heteroatoms. The van der Waals surface area contributed by atoms with Gasteiger partial charge in [-0.05, 0) is 30.3 Å². The number of rotatable bonds is 8. The van der Waals surface area contributed by atoms with Gasteiger partial charge in [-0.1, -0.05) is 12.1 Å². The minimum atomic E-state index is -0.676. The molecule has 3 aromatic heterocycles. The summed E-state index contributed by atoms with van der Waals surface area (Å²) in [7, 11) is 1.48. The summed E-state index contributed by atoms with van der Waals surface area (Å²) in [6.45, 7) is 0. The Kier molecular flexibility index (Phi) is 6.77. The number of aromatic amines is 1. The largest absolute Gasteiger partial charge is 0.495 e. The van der Waals surface area contributed by atoms with Crippen molar-refractivity contribution in [1.29, 1.82) is 0 Å². The second-order valence-electron chi connectivity index (χ2n) is 7.81. The van der Waals surface area contributed by atoms with Crippen LogP contribution in [0.4, 0.5) is 15.8 Å². The molecule has 2 amide bonds. The van der Waals surface area contributed by atoms with E-state index in [1.54, 1.807) is 49.1 Å². The highest BCUT2D eigenvalue weighted by Crippen LogP contribution is 2.39. The van der Waals surface area contributed by atoms with Gasteiger partial charge in [0, 0.05) is 30.2 Å². The van der Waals surface area contributed by atoms with Gasteiger partial charge in [-0.15, -0.1) is 11.3 Å². The Hall–Kier alpha value is -4.77. The molecule has 5 rings (SSSR count). The molecule has 186 valence electrons. The van der Waals surface area contributed by atoms with Gasteiger partial charge in [-0.25, -0.2) is 9.37 Å². The van der Waals surface area contributed by atoms with Gasteiger partial charge in [0.15, 0.2) is 11.6 Å². The number of carbonyl (C=O) groups is 2. The molecule has 5 aromatic rings. The lowest BCUT2D eigenvalue weighted by Crippen LogP contribution is -2.21. The van der Waals surface area contributed by atoms with Crippen molar-refractivity contribution < 1.29 is 23.5 Å². The summed E-state index contributed by atoms with van der Waals surface area (Å²) in [5, 5.41) is 5.15. The van der Waals surface area contributed by atoms with Gasteiger partial charge in [0.2, 0.25) is 11.8 Å². The molecule has 0 saturated heterocycles. The minimum absolute atomic E-state index is 0.0193. The van der Waals surface area contributed by atoms with Crippen molar-refractivity contribution in [3.63, 3.8) is 0 Å². The number of nitrogens with zero attached hydrogens (tertiary/aromatic N) is 2. The van der Waals surface area contributed by atoms with Crippen LogP contribution in [0.1, 0.15) is 6.42 Å². The van der Waals surface area contributed by atoms with E-state index in [1.165, 1.54) is 30.6 Å². The van der Waals surface area contributed by atoms with Crippen LogP contribution in [0.3, 0.4) is 0 Å². The molecule has 0 spiro atoms. The number of halogens is 1. The number of aromatic nitrogens is 3. The number of hydrogen-bond donors (Lipinski definition) is 3. The van der Waals surface area contributed by atoms with Crippen molar-refractivity contribution in [2.24, 2.45) is 0 Å². The third-order valence-electron chi connectivity index (χ3n) is 5.26. The molecule has 0 unspecified atom stereocenters. The highest BCUT2D eigenvalue weighted by Gasteiger charge is 2.16. The molecule has 0 saturated carbocycles. The topological polar surface area (TPSA) is 118 Å². The molecule has 2 aromatic carbocycles. The van der Waals surface area contributed by atoms with Crippen LogP contribution in [0.25, 0.3) is 20.8 Å². The monoisotopic (exact) mass is 517 g/mol. The van der Waals surface area contributed by atoms with Gasteiger partial charge in [-0.3, -0.25) is 14.6 Å². The Morgan fingerprint density at radius 1 is 1.00 bits per heavy atom. The molecule has 37 heavy (non-hydrogen) atoms. The van der Waals surface area contributed by atoms with Crippen LogP contribution >= 0.6 is 11.3 Å². The Balaban J connectivity index is 1.25. The second-order valence-corrected chi connectivity index (χ2v) is 8.86. The van der Waals surface area contributed by atoms with Gasteiger partial charge in [-0.2, -0.15) is 0 Å². The van der Waals surface area contributed by atoms with Crippen LogP contribution in [-0.2, 0) is 9.59 Å². The minimum Gasteiger partial charge on any atom is -0.495 e. The molecule has 0 bridgehead atoms. The van der Waals surface area contributed by atoms with E-state index in [9.17, 15) is 14.0 Å². The summed E-state index contributed by atoms with van der Waals surface area (Å²) in [5.74, 6) is -0.907. The maximum Gasteiger partial charge on any atom is 0.233 e. The molecule has 0 atom stereocenters. The van der Waals surface area contributed by atoms with E-state index in [-0.39, 0.29) is 11.4 Å². The normalized spacial score (nSPS) is 10.8. The summed E-state index contributed by atoms with van der Waals surface area (Å²) in [5.41, 5.74) is 2.12. The number of amides is 2. The van der Waals surface area contributed by atoms with Gasteiger partial charge in [0.05, 0.1) is 39.9 Å². The van der Waals surface area contributed by atoms with Gasteiger partial charge in [0.25, 0.3) is 0 Å². The van der Waals surface area contributed by atoms with Crippen molar-refractivity contribution in [1.82, 2.24) is 15.0 Å². The maximum absolute atomic E-state index is 14.9. The fourth-order valence-electron chi connectivity index (χ4n) is 3.59. The van der Waals surface area contributed by atoms with Crippen LogP contribution in [0.2, 0.25) is 0 Å². The smallest absolute Gasteiger partial charge is 0.233 e. The lowest BCUT2D eigenvalue weighted by molar-refractivity contribution is -0.123. The first-order valence-electron chi connectivity index (χ1n) is 11.1. The number of carbonyl (C=O) groups excluding carboxylic acids is 2. The fraction of sp³-hybridized carbons (Fsp3) is 0.0769. The summed E-state index contributed by atoms with van der Waals surface area (Å²) in [6.07, 6.45) is 4.50. The van der Waals surface area contributed by atoms with Crippen LogP contribution in [-0.4, -0.2) is 33.9 Å². The molecule has 9 nitrogen and oxygen atoms in total. The lowest BCUT2D eigenvalue weighted by Gasteiger charge is -2.11. The highest BCUT2D eigenvalue weighted by atomic mass is 32.1. The molecule has 3 heterocycles. The zero-order valence-corrected chi connectivity index (χ0v) is 20.3.